The first-order valence-electron chi connectivity index (χ1n) is 11.5. The zero-order valence-electron chi connectivity index (χ0n) is 20.9. The summed E-state index contributed by atoms with van der Waals surface area (Å²) in [5.74, 6) is -1.63. The first kappa shape index (κ1) is 28.6. The molecule has 34 heavy (non-hydrogen) atoms. The van der Waals surface area contributed by atoms with Crippen molar-refractivity contribution in [1.82, 2.24) is 0 Å². The van der Waals surface area contributed by atoms with E-state index in [1.54, 1.807) is 12.5 Å². The Bertz CT molecular complexity index is 915. The van der Waals surface area contributed by atoms with E-state index in [1.807, 2.05) is 69.5 Å². The smallest absolute Gasteiger partial charge is 0.332 e. The molecule has 0 spiro atoms. The molecule has 1 aliphatic rings. The van der Waals surface area contributed by atoms with Crippen molar-refractivity contribution in [2.45, 2.75) is 39.5 Å². The van der Waals surface area contributed by atoms with E-state index in [1.165, 1.54) is 6.08 Å². The number of unbranched alkanes of at least 4 members (excludes halogenated alkanes) is 1. The SMILES string of the molecule is CCCCC(CC)C(=O)[O-].CN(C)c1ccc(C(C#N)=CC(=O)OCC[N+]2(C)C=CN=C2)cc1. The number of allylic oxidation sites excluding steroid dienone is 1. The van der Waals surface area contributed by atoms with Crippen LogP contribution >= 0.6 is 0 Å². The van der Waals surface area contributed by atoms with Crippen molar-refractivity contribution in [1.29, 1.82) is 5.26 Å². The van der Waals surface area contributed by atoms with Gasteiger partial charge in [0, 0.05) is 31.8 Å². The number of esters is 1. The highest BCUT2D eigenvalue weighted by atomic mass is 16.5. The van der Waals surface area contributed by atoms with Gasteiger partial charge in [-0.25, -0.2) is 9.79 Å². The van der Waals surface area contributed by atoms with Crippen molar-refractivity contribution in [2.75, 3.05) is 39.2 Å². The molecule has 0 saturated heterocycles. The normalized spacial score (nSPS) is 17.4. The van der Waals surface area contributed by atoms with Gasteiger partial charge in [0.05, 0.1) is 18.8 Å². The minimum absolute atomic E-state index is 0.222. The third kappa shape index (κ3) is 10.0. The molecule has 0 bridgehead atoms. The molecule has 0 fully saturated rings. The molecule has 1 aromatic rings. The molecule has 8 heteroatoms. The molecule has 0 N–H and O–H groups in total. The second-order valence-corrected chi connectivity index (χ2v) is 8.48. The summed E-state index contributed by atoms with van der Waals surface area (Å²) in [6.07, 6.45) is 10.2. The van der Waals surface area contributed by atoms with E-state index < -0.39 is 11.9 Å². The third-order valence-electron chi connectivity index (χ3n) is 5.45. The van der Waals surface area contributed by atoms with Crippen LogP contribution in [0, 0.1) is 17.2 Å². The maximum atomic E-state index is 11.9. The first-order valence-corrected chi connectivity index (χ1v) is 11.5. The first-order chi connectivity index (χ1) is 16.2. The minimum atomic E-state index is -0.893. The molecule has 1 aromatic carbocycles. The van der Waals surface area contributed by atoms with Gasteiger partial charge in [-0.3, -0.25) is 4.48 Å². The maximum absolute atomic E-state index is 11.9. The van der Waals surface area contributed by atoms with Crippen LogP contribution in [-0.2, 0) is 14.3 Å². The van der Waals surface area contributed by atoms with Crippen LogP contribution in [0.4, 0.5) is 5.69 Å². The lowest BCUT2D eigenvalue weighted by Gasteiger charge is -2.20. The Balaban J connectivity index is 0.000000489. The van der Waals surface area contributed by atoms with Gasteiger partial charge < -0.3 is 19.5 Å². The molecule has 2 atom stereocenters. The van der Waals surface area contributed by atoms with Crippen LogP contribution in [-0.4, -0.2) is 57.1 Å². The molecule has 0 amide bonds. The molecule has 0 aliphatic carbocycles. The Morgan fingerprint density at radius 3 is 2.41 bits per heavy atom. The Morgan fingerprint density at radius 2 is 1.94 bits per heavy atom. The fourth-order valence-electron chi connectivity index (χ4n) is 3.11. The Kier molecular flexibility index (Phi) is 12.3. The standard InChI is InChI=1S/C18H21N4O2.C8H16O2/c1-21(2)17-6-4-15(5-7-17)16(13-19)12-18(23)24-11-10-22(3)9-8-20-14-22;1-3-5-6-7(4-2)8(9)10/h4-9,12,14H,10-11H2,1-3H3;7H,3-6H2,1-2H3,(H,9,10)/q+1;/p-1. The van der Waals surface area contributed by atoms with Gasteiger partial charge in [0.2, 0.25) is 0 Å². The van der Waals surface area contributed by atoms with Crippen molar-refractivity contribution >= 4 is 29.5 Å². The number of aliphatic imine (C=N–C) groups is 1. The number of quaternary nitrogens is 1. The van der Waals surface area contributed by atoms with Crippen molar-refractivity contribution in [2.24, 2.45) is 10.9 Å². The maximum Gasteiger partial charge on any atom is 0.332 e. The number of carbonyl (C=O) groups is 2. The number of rotatable bonds is 11. The van der Waals surface area contributed by atoms with Gasteiger partial charge in [0.25, 0.3) is 0 Å². The van der Waals surface area contributed by atoms with E-state index in [2.05, 4.69) is 11.9 Å². The number of nitrogens with zero attached hydrogens (tertiary/aromatic N) is 4. The monoisotopic (exact) mass is 468 g/mol. The molecule has 8 nitrogen and oxygen atoms in total. The zero-order chi connectivity index (χ0) is 25.6. The number of carbonyl (C=O) groups excluding carboxylic acids is 2. The van der Waals surface area contributed by atoms with Crippen LogP contribution in [0.5, 0.6) is 0 Å². The molecule has 2 unspecified atom stereocenters. The molecule has 0 aromatic heterocycles. The highest BCUT2D eigenvalue weighted by molar-refractivity contribution is 5.95. The quantitative estimate of drug-likeness (QED) is 0.214. The molecular formula is C26H36N4O4. The highest BCUT2D eigenvalue weighted by Gasteiger charge is 2.19. The van der Waals surface area contributed by atoms with Crippen LogP contribution in [0.1, 0.15) is 45.1 Å². The van der Waals surface area contributed by atoms with E-state index in [4.69, 9.17) is 4.74 Å². The molecule has 1 aliphatic heterocycles. The fraction of sp³-hybridized carbons (Fsp3) is 0.462. The van der Waals surface area contributed by atoms with Crippen molar-refractivity contribution in [3.05, 3.63) is 48.3 Å². The summed E-state index contributed by atoms with van der Waals surface area (Å²) in [7, 11) is 5.84. The predicted molar refractivity (Wildman–Crippen MR) is 132 cm³/mol. The van der Waals surface area contributed by atoms with Crippen molar-refractivity contribution < 1.29 is 23.9 Å². The van der Waals surface area contributed by atoms with E-state index in [9.17, 15) is 20.0 Å². The van der Waals surface area contributed by atoms with Crippen molar-refractivity contribution in [3.63, 3.8) is 0 Å². The fourth-order valence-corrected chi connectivity index (χ4v) is 3.11. The summed E-state index contributed by atoms with van der Waals surface area (Å²) in [6, 6.07) is 9.47. The highest BCUT2D eigenvalue weighted by Crippen LogP contribution is 2.18. The number of carboxylic acid groups (broad SMARTS) is 1. The topological polar surface area (TPSA) is 106 Å². The van der Waals surface area contributed by atoms with Gasteiger partial charge >= 0.3 is 5.97 Å². The number of anilines is 1. The molecule has 184 valence electrons. The van der Waals surface area contributed by atoms with E-state index >= 15 is 0 Å². The lowest BCUT2D eigenvalue weighted by Crippen LogP contribution is -2.38. The van der Waals surface area contributed by atoms with E-state index in [0.717, 1.165) is 24.9 Å². The number of benzene rings is 1. The average molecular weight is 469 g/mol. The number of aliphatic carboxylic acids is 1. The van der Waals surface area contributed by atoms with Crippen LogP contribution in [0.25, 0.3) is 5.57 Å². The van der Waals surface area contributed by atoms with Gasteiger partial charge in [0.15, 0.2) is 6.34 Å². The van der Waals surface area contributed by atoms with Crippen LogP contribution in [0.3, 0.4) is 0 Å². The number of hydrogen-bond donors (Lipinski definition) is 0. The van der Waals surface area contributed by atoms with Gasteiger partial charge in [-0.1, -0.05) is 38.8 Å². The summed E-state index contributed by atoms with van der Waals surface area (Å²) in [4.78, 5) is 28.2. The summed E-state index contributed by atoms with van der Waals surface area (Å²) >= 11 is 0. The predicted octanol–water partition coefficient (Wildman–Crippen LogP) is 3.12. The van der Waals surface area contributed by atoms with Gasteiger partial charge in [-0.15, -0.1) is 0 Å². The lowest BCUT2D eigenvalue weighted by molar-refractivity contribution is -0.756. The Hall–Kier alpha value is -3.44. The molecular weight excluding hydrogens is 432 g/mol. The number of carboxylic acids is 1. The van der Waals surface area contributed by atoms with E-state index in [0.29, 0.717) is 23.0 Å². The largest absolute Gasteiger partial charge is 0.550 e. The number of ether oxygens (including phenoxy) is 1. The second-order valence-electron chi connectivity index (χ2n) is 8.48. The lowest BCUT2D eigenvalue weighted by atomic mass is 10.00. The Labute approximate surface area is 203 Å². The van der Waals surface area contributed by atoms with Gasteiger partial charge in [-0.2, -0.15) is 5.26 Å². The van der Waals surface area contributed by atoms with Gasteiger partial charge in [0.1, 0.15) is 25.4 Å². The van der Waals surface area contributed by atoms with Crippen LogP contribution < -0.4 is 10.0 Å². The number of likely N-dealkylation sites (N-methyl/N-ethyl adjacent to an activating group) is 1. The summed E-state index contributed by atoms with van der Waals surface area (Å²) in [6.45, 7) is 4.79. The van der Waals surface area contributed by atoms with Gasteiger partial charge in [-0.05, 0) is 36.5 Å². The van der Waals surface area contributed by atoms with Crippen molar-refractivity contribution in [3.8, 4) is 6.07 Å². The molecule has 0 radical (unpaired) electrons. The summed E-state index contributed by atoms with van der Waals surface area (Å²) in [5.41, 5.74) is 2.00. The molecule has 1 heterocycles. The minimum Gasteiger partial charge on any atom is -0.550 e. The Morgan fingerprint density at radius 1 is 1.26 bits per heavy atom. The van der Waals surface area contributed by atoms with Crippen LogP contribution in [0.15, 0.2) is 47.7 Å². The number of hydrogen-bond acceptors (Lipinski definition) is 7. The average Bonchev–Trinajstić information content (AvgIpc) is 3.24. The third-order valence-corrected chi connectivity index (χ3v) is 5.45. The second kappa shape index (κ2) is 14.7. The molecule has 2 rings (SSSR count). The molecule has 0 saturated carbocycles. The summed E-state index contributed by atoms with van der Waals surface area (Å²) in [5, 5.41) is 19.6. The van der Waals surface area contributed by atoms with E-state index in [-0.39, 0.29) is 18.1 Å². The number of nitriles is 1. The zero-order valence-corrected chi connectivity index (χ0v) is 20.9. The van der Waals surface area contributed by atoms with Crippen LogP contribution in [0.2, 0.25) is 0 Å². The summed E-state index contributed by atoms with van der Waals surface area (Å²) < 4.78 is 5.69.